The van der Waals surface area contributed by atoms with E-state index in [4.69, 9.17) is 5.26 Å². The molecule has 0 aromatic carbocycles. The molecule has 0 fully saturated rings. The van der Waals surface area contributed by atoms with Gasteiger partial charge in [0.05, 0.1) is 25.9 Å². The van der Waals surface area contributed by atoms with E-state index in [1.165, 1.54) is 6.26 Å². The molecule has 0 amide bonds. The number of hydrogen-bond acceptors (Lipinski definition) is 2. The number of rotatable bonds is 2. The molecule has 0 aromatic rings. The topological polar surface area (TPSA) is 33.0 Å². The molecule has 7 heavy (non-hydrogen) atoms. The zero-order valence-corrected chi connectivity index (χ0v) is 4.22. The minimum absolute atomic E-state index is 0.424. The summed E-state index contributed by atoms with van der Waals surface area (Å²) in [4.78, 5) is 0. The van der Waals surface area contributed by atoms with Crippen molar-refractivity contribution in [3.8, 4) is 6.07 Å². The molecule has 2 heteroatoms. The maximum absolute atomic E-state index is 7.94. The third-order valence-electron chi connectivity index (χ3n) is 0.441. The minimum atomic E-state index is 0.424. The number of nitriles is 1. The molecule has 0 atom stereocenters. The van der Waals surface area contributed by atoms with Crippen LogP contribution in [0, 0.1) is 11.3 Å². The fourth-order valence-electron chi connectivity index (χ4n) is 0.197. The predicted octanol–water partition coefficient (Wildman–Crippen LogP) is 1.06. The minimum Gasteiger partial charge on any atom is -0.505 e. The van der Waals surface area contributed by atoms with E-state index in [0.717, 1.165) is 0 Å². The van der Waals surface area contributed by atoms with Crippen molar-refractivity contribution in [1.82, 2.24) is 0 Å². The number of methoxy groups -OCH3 is 1. The van der Waals surface area contributed by atoms with Gasteiger partial charge in [0.25, 0.3) is 0 Å². The fraction of sp³-hybridized carbons (Fsp3) is 0.400. The van der Waals surface area contributed by atoms with E-state index >= 15 is 0 Å². The monoisotopic (exact) mass is 97.1 g/mol. The Hall–Kier alpha value is -0.970. The zero-order valence-electron chi connectivity index (χ0n) is 4.22. The highest BCUT2D eigenvalue weighted by Crippen LogP contribution is 1.77. The van der Waals surface area contributed by atoms with Gasteiger partial charge in [-0.1, -0.05) is 0 Å². The highest BCUT2D eigenvalue weighted by molar-refractivity contribution is 4.85. The van der Waals surface area contributed by atoms with Crippen LogP contribution in [0.3, 0.4) is 0 Å². The first-order valence-corrected chi connectivity index (χ1v) is 1.96. The average Bonchev–Trinajstić information content (AvgIpc) is 1.69. The van der Waals surface area contributed by atoms with Crippen LogP contribution >= 0.6 is 0 Å². The van der Waals surface area contributed by atoms with Crippen molar-refractivity contribution in [2.75, 3.05) is 7.11 Å². The van der Waals surface area contributed by atoms with Gasteiger partial charge in [0.1, 0.15) is 0 Å². The standard InChI is InChI=1S/C5H7NO/c1-7-5-3-2-4-6/h3,5H,2H2,1H3. The van der Waals surface area contributed by atoms with E-state index in [1.807, 2.05) is 6.07 Å². The summed E-state index contributed by atoms with van der Waals surface area (Å²) in [7, 11) is 1.55. The molecule has 2 nitrogen and oxygen atoms in total. The molecule has 0 radical (unpaired) electrons. The largest absolute Gasteiger partial charge is 0.505 e. The quantitative estimate of drug-likeness (QED) is 0.482. The Morgan fingerprint density at radius 3 is 3.00 bits per heavy atom. The van der Waals surface area contributed by atoms with Gasteiger partial charge in [-0.2, -0.15) is 5.26 Å². The van der Waals surface area contributed by atoms with Gasteiger partial charge in [0, 0.05) is 0 Å². The lowest BCUT2D eigenvalue weighted by molar-refractivity contribution is 0.337. The van der Waals surface area contributed by atoms with E-state index < -0.39 is 0 Å². The first-order valence-electron chi connectivity index (χ1n) is 1.96. The third kappa shape index (κ3) is 5.03. The molecule has 0 spiro atoms. The normalized spacial score (nSPS) is 8.57. The Morgan fingerprint density at radius 1 is 1.86 bits per heavy atom. The van der Waals surface area contributed by atoms with Crippen LogP contribution < -0.4 is 0 Å². The van der Waals surface area contributed by atoms with Gasteiger partial charge < -0.3 is 4.74 Å². The van der Waals surface area contributed by atoms with Crippen molar-refractivity contribution in [2.45, 2.75) is 6.42 Å². The van der Waals surface area contributed by atoms with E-state index in [0.29, 0.717) is 6.42 Å². The Balaban J connectivity index is 2.97. The Bertz CT molecular complexity index is 90.7. The highest BCUT2D eigenvalue weighted by atomic mass is 16.5. The predicted molar refractivity (Wildman–Crippen MR) is 26.4 cm³/mol. The van der Waals surface area contributed by atoms with Crippen LogP contribution in [0.2, 0.25) is 0 Å². The van der Waals surface area contributed by atoms with Crippen molar-refractivity contribution < 1.29 is 4.74 Å². The van der Waals surface area contributed by atoms with Crippen molar-refractivity contribution in [3.05, 3.63) is 12.3 Å². The third-order valence-corrected chi connectivity index (χ3v) is 0.441. The van der Waals surface area contributed by atoms with Crippen LogP contribution in [0.4, 0.5) is 0 Å². The molecule has 0 heterocycles. The lowest BCUT2D eigenvalue weighted by atomic mass is 10.5. The van der Waals surface area contributed by atoms with Crippen molar-refractivity contribution >= 4 is 0 Å². The second kappa shape index (κ2) is 5.03. The van der Waals surface area contributed by atoms with E-state index in [2.05, 4.69) is 4.74 Å². The summed E-state index contributed by atoms with van der Waals surface area (Å²) in [6.07, 6.45) is 3.57. The van der Waals surface area contributed by atoms with Gasteiger partial charge in [-0.15, -0.1) is 0 Å². The number of allylic oxidation sites excluding steroid dienone is 1. The Morgan fingerprint density at radius 2 is 2.57 bits per heavy atom. The number of ether oxygens (including phenoxy) is 1. The molecule has 0 aliphatic heterocycles. The first kappa shape index (κ1) is 6.03. The van der Waals surface area contributed by atoms with E-state index in [1.54, 1.807) is 13.2 Å². The molecule has 38 valence electrons. The molecule has 0 aliphatic carbocycles. The van der Waals surface area contributed by atoms with Crippen LogP contribution in [0.1, 0.15) is 6.42 Å². The lowest BCUT2D eigenvalue weighted by Crippen LogP contribution is -1.62. The van der Waals surface area contributed by atoms with Crippen LogP contribution in [0.15, 0.2) is 12.3 Å². The maximum atomic E-state index is 7.94. The molecule has 0 rings (SSSR count). The fourth-order valence-corrected chi connectivity index (χ4v) is 0.197. The maximum Gasteiger partial charge on any atom is 0.0795 e. The summed E-state index contributed by atoms with van der Waals surface area (Å²) < 4.78 is 4.51. The average molecular weight is 97.1 g/mol. The van der Waals surface area contributed by atoms with Gasteiger partial charge in [-0.05, 0) is 6.08 Å². The van der Waals surface area contributed by atoms with Crippen molar-refractivity contribution in [1.29, 1.82) is 5.26 Å². The molecule has 0 bridgehead atoms. The molecule has 0 aliphatic rings. The van der Waals surface area contributed by atoms with Crippen molar-refractivity contribution in [2.24, 2.45) is 0 Å². The van der Waals surface area contributed by atoms with Crippen LogP contribution in [0.5, 0.6) is 0 Å². The van der Waals surface area contributed by atoms with E-state index in [9.17, 15) is 0 Å². The summed E-state index contributed by atoms with van der Waals surface area (Å²) in [5.74, 6) is 0. The zero-order chi connectivity index (χ0) is 5.54. The van der Waals surface area contributed by atoms with Crippen LogP contribution in [-0.2, 0) is 4.74 Å². The SMILES string of the molecule is COC=CCC#N. The van der Waals surface area contributed by atoms with Gasteiger partial charge in [0.2, 0.25) is 0 Å². The summed E-state index contributed by atoms with van der Waals surface area (Å²) in [5, 5.41) is 7.94. The van der Waals surface area contributed by atoms with Crippen molar-refractivity contribution in [3.63, 3.8) is 0 Å². The van der Waals surface area contributed by atoms with Crippen LogP contribution in [-0.4, -0.2) is 7.11 Å². The second-order valence-electron chi connectivity index (χ2n) is 0.970. The van der Waals surface area contributed by atoms with Gasteiger partial charge in [-0.25, -0.2) is 0 Å². The molecular formula is C5H7NO. The molecule has 0 N–H and O–H groups in total. The molecule has 0 saturated carbocycles. The van der Waals surface area contributed by atoms with Gasteiger partial charge >= 0.3 is 0 Å². The summed E-state index contributed by atoms with van der Waals surface area (Å²) >= 11 is 0. The first-order chi connectivity index (χ1) is 3.41. The number of nitrogens with zero attached hydrogens (tertiary/aromatic N) is 1. The molecule has 0 aromatic heterocycles. The number of hydrogen-bond donors (Lipinski definition) is 0. The smallest absolute Gasteiger partial charge is 0.0795 e. The molecule has 0 saturated heterocycles. The molecule has 0 unspecified atom stereocenters. The second-order valence-corrected chi connectivity index (χ2v) is 0.970. The van der Waals surface area contributed by atoms with Gasteiger partial charge in [-0.3, -0.25) is 0 Å². The van der Waals surface area contributed by atoms with E-state index in [-0.39, 0.29) is 0 Å². The summed E-state index contributed by atoms with van der Waals surface area (Å²) in [6, 6.07) is 1.94. The van der Waals surface area contributed by atoms with Crippen LogP contribution in [0.25, 0.3) is 0 Å². The van der Waals surface area contributed by atoms with Gasteiger partial charge in [0.15, 0.2) is 0 Å². The summed E-state index contributed by atoms with van der Waals surface area (Å²) in [5.41, 5.74) is 0. The lowest BCUT2D eigenvalue weighted by Gasteiger charge is -1.79. The highest BCUT2D eigenvalue weighted by Gasteiger charge is 1.65. The Labute approximate surface area is 43.0 Å². The molecular weight excluding hydrogens is 90.1 g/mol. The summed E-state index contributed by atoms with van der Waals surface area (Å²) in [6.45, 7) is 0. The Kier molecular flexibility index (Phi) is 4.33.